The first-order valence-corrected chi connectivity index (χ1v) is 7.53. The SMILES string of the molecule is Nc1ccc(S(=O)CCCC2CCCO2)c(F)c1. The lowest BCUT2D eigenvalue weighted by molar-refractivity contribution is 0.104. The third-order valence-corrected chi connectivity index (χ3v) is 4.56. The fourth-order valence-electron chi connectivity index (χ4n) is 2.13. The Kier molecular flexibility index (Phi) is 4.72. The van der Waals surface area contributed by atoms with Crippen LogP contribution in [-0.2, 0) is 15.5 Å². The standard InChI is InChI=1S/C13H18FNO2S/c14-12-9-10(15)5-6-13(12)18(16)8-2-4-11-3-1-7-17-11/h5-6,9,11H,1-4,7-8,15H2. The van der Waals surface area contributed by atoms with E-state index in [1.165, 1.54) is 12.1 Å². The Bertz CT molecular complexity index is 433. The van der Waals surface area contributed by atoms with E-state index in [4.69, 9.17) is 10.5 Å². The second kappa shape index (κ2) is 6.29. The lowest BCUT2D eigenvalue weighted by Gasteiger charge is -2.09. The summed E-state index contributed by atoms with van der Waals surface area (Å²) < 4.78 is 31.0. The van der Waals surface area contributed by atoms with E-state index in [0.29, 0.717) is 17.5 Å². The van der Waals surface area contributed by atoms with Crippen molar-refractivity contribution in [3.8, 4) is 0 Å². The molecule has 3 nitrogen and oxygen atoms in total. The van der Waals surface area contributed by atoms with Gasteiger partial charge in [-0.1, -0.05) is 0 Å². The van der Waals surface area contributed by atoms with E-state index in [0.717, 1.165) is 32.3 Å². The van der Waals surface area contributed by atoms with Crippen LogP contribution in [0, 0.1) is 5.82 Å². The Balaban J connectivity index is 1.83. The van der Waals surface area contributed by atoms with Crippen molar-refractivity contribution in [1.82, 2.24) is 0 Å². The van der Waals surface area contributed by atoms with Crippen LogP contribution >= 0.6 is 0 Å². The molecule has 0 amide bonds. The molecule has 1 fully saturated rings. The van der Waals surface area contributed by atoms with Crippen molar-refractivity contribution in [2.45, 2.75) is 36.7 Å². The third kappa shape index (κ3) is 3.53. The number of anilines is 1. The largest absolute Gasteiger partial charge is 0.399 e. The number of hydrogen-bond acceptors (Lipinski definition) is 3. The van der Waals surface area contributed by atoms with E-state index >= 15 is 0 Å². The Morgan fingerprint density at radius 1 is 1.50 bits per heavy atom. The molecule has 2 rings (SSSR count). The van der Waals surface area contributed by atoms with Gasteiger partial charge in [0.05, 0.1) is 21.8 Å². The summed E-state index contributed by atoms with van der Waals surface area (Å²) in [7, 11) is -1.29. The second-order valence-electron chi connectivity index (χ2n) is 4.52. The fourth-order valence-corrected chi connectivity index (χ4v) is 3.27. The Labute approximate surface area is 109 Å². The van der Waals surface area contributed by atoms with E-state index in [1.807, 2.05) is 0 Å². The van der Waals surface area contributed by atoms with Crippen molar-refractivity contribution in [2.75, 3.05) is 18.1 Å². The maximum atomic E-state index is 13.5. The molecule has 0 aliphatic carbocycles. The van der Waals surface area contributed by atoms with Gasteiger partial charge in [0.15, 0.2) is 0 Å². The van der Waals surface area contributed by atoms with E-state index in [9.17, 15) is 8.60 Å². The molecule has 100 valence electrons. The summed E-state index contributed by atoms with van der Waals surface area (Å²) in [6.45, 7) is 0.834. The highest BCUT2D eigenvalue weighted by atomic mass is 32.2. The van der Waals surface area contributed by atoms with Crippen molar-refractivity contribution in [3.63, 3.8) is 0 Å². The first kappa shape index (κ1) is 13.5. The van der Waals surface area contributed by atoms with Gasteiger partial charge in [0, 0.05) is 18.0 Å². The molecular weight excluding hydrogens is 253 g/mol. The van der Waals surface area contributed by atoms with E-state index < -0.39 is 16.6 Å². The quantitative estimate of drug-likeness (QED) is 0.837. The van der Waals surface area contributed by atoms with Gasteiger partial charge in [-0.05, 0) is 43.9 Å². The van der Waals surface area contributed by atoms with Gasteiger partial charge in [0.2, 0.25) is 0 Å². The minimum atomic E-state index is -1.29. The van der Waals surface area contributed by atoms with Gasteiger partial charge in [-0.25, -0.2) is 4.39 Å². The monoisotopic (exact) mass is 271 g/mol. The van der Waals surface area contributed by atoms with Crippen molar-refractivity contribution >= 4 is 16.5 Å². The van der Waals surface area contributed by atoms with Crippen LogP contribution < -0.4 is 5.73 Å². The van der Waals surface area contributed by atoms with Gasteiger partial charge in [-0.2, -0.15) is 0 Å². The van der Waals surface area contributed by atoms with Crippen LogP contribution in [0.2, 0.25) is 0 Å². The minimum absolute atomic E-state index is 0.247. The molecule has 1 aromatic carbocycles. The predicted octanol–water partition coefficient (Wildman–Crippen LogP) is 2.47. The van der Waals surface area contributed by atoms with Crippen LogP contribution in [0.25, 0.3) is 0 Å². The van der Waals surface area contributed by atoms with Gasteiger partial charge in [-0.15, -0.1) is 0 Å². The highest BCUT2D eigenvalue weighted by Crippen LogP contribution is 2.19. The summed E-state index contributed by atoms with van der Waals surface area (Å²) in [6.07, 6.45) is 4.20. The van der Waals surface area contributed by atoms with Crippen LogP contribution in [0.1, 0.15) is 25.7 Å². The number of nitrogen functional groups attached to an aromatic ring is 1. The zero-order chi connectivity index (χ0) is 13.0. The van der Waals surface area contributed by atoms with Gasteiger partial charge in [0.25, 0.3) is 0 Å². The number of halogens is 1. The molecule has 2 atom stereocenters. The van der Waals surface area contributed by atoms with E-state index in [2.05, 4.69) is 0 Å². The highest BCUT2D eigenvalue weighted by Gasteiger charge is 2.16. The fraction of sp³-hybridized carbons (Fsp3) is 0.538. The summed E-state index contributed by atoms with van der Waals surface area (Å²) >= 11 is 0. The zero-order valence-corrected chi connectivity index (χ0v) is 11.0. The molecule has 1 aromatic rings. The summed E-state index contributed by atoms with van der Waals surface area (Å²) in [4.78, 5) is 0.247. The van der Waals surface area contributed by atoms with Gasteiger partial charge < -0.3 is 10.5 Å². The molecule has 0 aromatic heterocycles. The smallest absolute Gasteiger partial charge is 0.141 e. The average Bonchev–Trinajstić information content (AvgIpc) is 2.81. The lowest BCUT2D eigenvalue weighted by Crippen LogP contribution is -2.08. The second-order valence-corrected chi connectivity index (χ2v) is 6.06. The summed E-state index contributed by atoms with van der Waals surface area (Å²) in [6, 6.07) is 4.30. The maximum absolute atomic E-state index is 13.5. The van der Waals surface area contributed by atoms with Crippen LogP contribution in [0.3, 0.4) is 0 Å². The summed E-state index contributed by atoms with van der Waals surface area (Å²) in [5.41, 5.74) is 5.81. The Morgan fingerprint density at radius 3 is 3.00 bits per heavy atom. The molecule has 1 aliphatic heterocycles. The molecule has 0 radical (unpaired) electrons. The molecule has 0 bridgehead atoms. The lowest BCUT2D eigenvalue weighted by atomic mass is 10.1. The molecule has 0 spiro atoms. The van der Waals surface area contributed by atoms with E-state index in [-0.39, 0.29) is 4.90 Å². The normalized spacial score (nSPS) is 21.1. The van der Waals surface area contributed by atoms with Crippen LogP contribution in [0.5, 0.6) is 0 Å². The number of hydrogen-bond donors (Lipinski definition) is 1. The first-order chi connectivity index (χ1) is 8.66. The van der Waals surface area contributed by atoms with E-state index in [1.54, 1.807) is 6.07 Å². The molecule has 18 heavy (non-hydrogen) atoms. The third-order valence-electron chi connectivity index (χ3n) is 3.08. The Hall–Kier alpha value is -0.940. The van der Waals surface area contributed by atoms with Gasteiger partial charge in [-0.3, -0.25) is 4.21 Å². The number of benzene rings is 1. The molecule has 2 unspecified atom stereocenters. The molecule has 1 aliphatic rings. The molecule has 2 N–H and O–H groups in total. The van der Waals surface area contributed by atoms with Crippen LogP contribution in [0.15, 0.2) is 23.1 Å². The van der Waals surface area contributed by atoms with Gasteiger partial charge in [0.1, 0.15) is 5.82 Å². The van der Waals surface area contributed by atoms with Crippen LogP contribution in [0.4, 0.5) is 10.1 Å². The number of nitrogens with two attached hydrogens (primary N) is 1. The summed E-state index contributed by atoms with van der Waals surface area (Å²) in [5, 5.41) is 0. The molecule has 1 heterocycles. The van der Waals surface area contributed by atoms with Crippen LogP contribution in [-0.4, -0.2) is 22.7 Å². The van der Waals surface area contributed by atoms with Crippen molar-refractivity contribution < 1.29 is 13.3 Å². The average molecular weight is 271 g/mol. The number of rotatable bonds is 5. The minimum Gasteiger partial charge on any atom is -0.399 e. The van der Waals surface area contributed by atoms with Crippen molar-refractivity contribution in [3.05, 3.63) is 24.0 Å². The Morgan fingerprint density at radius 2 is 2.33 bits per heavy atom. The topological polar surface area (TPSA) is 52.3 Å². The van der Waals surface area contributed by atoms with Crippen molar-refractivity contribution in [1.29, 1.82) is 0 Å². The summed E-state index contributed by atoms with van der Waals surface area (Å²) in [5.74, 6) is -0.00815. The molecular formula is C13H18FNO2S. The molecule has 1 saturated heterocycles. The molecule has 5 heteroatoms. The first-order valence-electron chi connectivity index (χ1n) is 6.22. The van der Waals surface area contributed by atoms with Gasteiger partial charge >= 0.3 is 0 Å². The van der Waals surface area contributed by atoms with Crippen molar-refractivity contribution in [2.24, 2.45) is 0 Å². The number of ether oxygens (including phenoxy) is 1. The highest BCUT2D eigenvalue weighted by molar-refractivity contribution is 7.85. The predicted molar refractivity (Wildman–Crippen MR) is 70.3 cm³/mol. The maximum Gasteiger partial charge on any atom is 0.141 e. The molecule has 0 saturated carbocycles. The zero-order valence-electron chi connectivity index (χ0n) is 10.2.